The number of rotatable bonds is 7. The molecule has 0 saturated heterocycles. The van der Waals surface area contributed by atoms with Gasteiger partial charge in [-0.2, -0.15) is 0 Å². The number of aryl methyl sites for hydroxylation is 1. The van der Waals surface area contributed by atoms with E-state index in [1.54, 1.807) is 19.2 Å². The third-order valence-electron chi connectivity index (χ3n) is 2.94. The summed E-state index contributed by atoms with van der Waals surface area (Å²) in [5, 5.41) is 11.4. The van der Waals surface area contributed by atoms with Gasteiger partial charge in [0.05, 0.1) is 0 Å². The monoisotopic (exact) mass is 291 g/mol. The van der Waals surface area contributed by atoms with Gasteiger partial charge in [-0.15, -0.1) is 0 Å². The zero-order valence-electron chi connectivity index (χ0n) is 12.6. The molecule has 1 unspecified atom stereocenters. The summed E-state index contributed by atoms with van der Waals surface area (Å²) in [7, 11) is 1.61. The first-order valence-electron chi connectivity index (χ1n) is 6.72. The quantitative estimate of drug-likeness (QED) is 0.757. The van der Waals surface area contributed by atoms with Gasteiger partial charge in [-0.1, -0.05) is 13.0 Å². The van der Waals surface area contributed by atoms with Crippen LogP contribution in [0.2, 0.25) is 0 Å². The molecule has 0 saturated carbocycles. The van der Waals surface area contributed by atoms with E-state index in [0.29, 0.717) is 18.7 Å². The molecule has 0 spiro atoms. The number of carbonyl (C=O) groups is 2. The Labute approximate surface area is 124 Å². The van der Waals surface area contributed by atoms with Crippen molar-refractivity contribution in [1.82, 2.24) is 0 Å². The molecule has 1 aromatic rings. The van der Waals surface area contributed by atoms with Crippen molar-refractivity contribution in [3.05, 3.63) is 35.4 Å². The van der Waals surface area contributed by atoms with E-state index in [1.165, 1.54) is 6.08 Å². The fourth-order valence-corrected chi connectivity index (χ4v) is 1.97. The van der Waals surface area contributed by atoms with Crippen LogP contribution in [0.4, 0.5) is 5.69 Å². The van der Waals surface area contributed by atoms with Crippen LogP contribution in [0.1, 0.15) is 24.5 Å². The minimum atomic E-state index is -0.987. The number of hydrogen-bond acceptors (Lipinski definition) is 3. The van der Waals surface area contributed by atoms with Crippen molar-refractivity contribution in [3.8, 4) is 0 Å². The molecule has 1 atom stereocenters. The average Bonchev–Trinajstić information content (AvgIpc) is 2.37. The smallest absolute Gasteiger partial charge is 0.328 e. The molecule has 0 aliphatic rings. The zero-order valence-corrected chi connectivity index (χ0v) is 12.6. The Hall–Kier alpha value is -2.14. The van der Waals surface area contributed by atoms with E-state index in [4.69, 9.17) is 9.84 Å². The molecule has 21 heavy (non-hydrogen) atoms. The lowest BCUT2D eigenvalue weighted by atomic mass is 10.1. The summed E-state index contributed by atoms with van der Waals surface area (Å²) in [6, 6.07) is 5.36. The van der Waals surface area contributed by atoms with Gasteiger partial charge in [-0.25, -0.2) is 4.79 Å². The van der Waals surface area contributed by atoms with Crippen LogP contribution in [0.15, 0.2) is 24.3 Å². The molecule has 0 radical (unpaired) electrons. The lowest BCUT2D eigenvalue weighted by molar-refractivity contribution is -0.131. The van der Waals surface area contributed by atoms with Crippen molar-refractivity contribution < 1.29 is 19.4 Å². The third kappa shape index (κ3) is 6.23. The summed E-state index contributed by atoms with van der Waals surface area (Å²) in [4.78, 5) is 22.3. The molecular weight excluding hydrogens is 270 g/mol. The number of aliphatic carboxylic acids is 1. The highest BCUT2D eigenvalue weighted by Gasteiger charge is 2.09. The Kier molecular flexibility index (Phi) is 6.62. The molecule has 0 fully saturated rings. The molecule has 1 aromatic carbocycles. The maximum Gasteiger partial charge on any atom is 0.328 e. The molecular formula is C16H21NO4. The van der Waals surface area contributed by atoms with Gasteiger partial charge in [-0.3, -0.25) is 4.79 Å². The van der Waals surface area contributed by atoms with Gasteiger partial charge in [0.2, 0.25) is 5.91 Å². The molecule has 1 amide bonds. The molecule has 0 bridgehead atoms. The van der Waals surface area contributed by atoms with E-state index < -0.39 is 5.97 Å². The Morgan fingerprint density at radius 3 is 2.71 bits per heavy atom. The third-order valence-corrected chi connectivity index (χ3v) is 2.94. The predicted molar refractivity (Wildman–Crippen MR) is 82.1 cm³/mol. The Bertz CT molecular complexity index is 537. The number of nitrogens with one attached hydrogen (secondary N) is 1. The van der Waals surface area contributed by atoms with Crippen molar-refractivity contribution in [2.45, 2.75) is 20.3 Å². The first-order chi connectivity index (χ1) is 9.92. The van der Waals surface area contributed by atoms with Gasteiger partial charge in [-0.05, 0) is 42.2 Å². The van der Waals surface area contributed by atoms with Crippen molar-refractivity contribution in [1.29, 1.82) is 0 Å². The largest absolute Gasteiger partial charge is 0.478 e. The minimum absolute atomic E-state index is 0.0622. The van der Waals surface area contributed by atoms with Crippen LogP contribution in [0, 0.1) is 12.8 Å². The van der Waals surface area contributed by atoms with E-state index in [-0.39, 0.29) is 11.8 Å². The second-order valence-electron chi connectivity index (χ2n) is 5.06. The Morgan fingerprint density at radius 2 is 2.14 bits per heavy atom. The molecule has 0 aromatic heterocycles. The highest BCUT2D eigenvalue weighted by atomic mass is 16.5. The van der Waals surface area contributed by atoms with Gasteiger partial charge in [0.25, 0.3) is 0 Å². The zero-order chi connectivity index (χ0) is 15.8. The summed E-state index contributed by atoms with van der Waals surface area (Å²) in [5.41, 5.74) is 2.41. The number of carbonyl (C=O) groups excluding carboxylic acids is 1. The van der Waals surface area contributed by atoms with E-state index in [0.717, 1.165) is 17.2 Å². The number of amides is 1. The molecule has 114 valence electrons. The molecule has 0 aliphatic heterocycles. The maximum absolute atomic E-state index is 11.9. The topological polar surface area (TPSA) is 75.6 Å². The number of hydrogen-bond donors (Lipinski definition) is 2. The van der Waals surface area contributed by atoms with Crippen LogP contribution in [0.25, 0.3) is 6.08 Å². The number of benzene rings is 1. The van der Waals surface area contributed by atoms with Crippen molar-refractivity contribution in [2.24, 2.45) is 5.92 Å². The van der Waals surface area contributed by atoms with Gasteiger partial charge < -0.3 is 15.2 Å². The summed E-state index contributed by atoms with van der Waals surface area (Å²) in [6.07, 6.45) is 3.02. The normalized spacial score (nSPS) is 12.3. The second-order valence-corrected chi connectivity index (χ2v) is 5.06. The van der Waals surface area contributed by atoms with Crippen molar-refractivity contribution in [2.75, 3.05) is 19.0 Å². The van der Waals surface area contributed by atoms with E-state index in [9.17, 15) is 9.59 Å². The number of carboxylic acid groups (broad SMARTS) is 1. The van der Waals surface area contributed by atoms with Crippen molar-refractivity contribution in [3.63, 3.8) is 0 Å². The molecule has 2 N–H and O–H groups in total. The predicted octanol–water partition coefficient (Wildman–Crippen LogP) is 2.70. The Balaban J connectivity index is 2.67. The summed E-state index contributed by atoms with van der Waals surface area (Å²) < 4.78 is 5.00. The van der Waals surface area contributed by atoms with Crippen LogP contribution < -0.4 is 5.32 Å². The van der Waals surface area contributed by atoms with Crippen LogP contribution >= 0.6 is 0 Å². The second kappa shape index (κ2) is 8.21. The summed E-state index contributed by atoms with van der Waals surface area (Å²) >= 11 is 0. The molecule has 5 heteroatoms. The molecule has 0 aliphatic carbocycles. The van der Waals surface area contributed by atoms with Crippen LogP contribution in [-0.4, -0.2) is 30.7 Å². The highest BCUT2D eigenvalue weighted by molar-refractivity contribution is 5.91. The van der Waals surface area contributed by atoms with E-state index >= 15 is 0 Å². The molecule has 1 rings (SSSR count). The average molecular weight is 291 g/mol. The van der Waals surface area contributed by atoms with Gasteiger partial charge in [0.1, 0.15) is 0 Å². The highest BCUT2D eigenvalue weighted by Crippen LogP contribution is 2.17. The van der Waals surface area contributed by atoms with Gasteiger partial charge in [0, 0.05) is 31.9 Å². The van der Waals surface area contributed by atoms with Crippen LogP contribution in [-0.2, 0) is 14.3 Å². The van der Waals surface area contributed by atoms with Crippen LogP contribution in [0.5, 0.6) is 0 Å². The first-order valence-corrected chi connectivity index (χ1v) is 6.72. The molecule has 0 heterocycles. The standard InChI is InChI=1S/C16H21NO4/c1-11(10-21-3)8-15(18)17-14-6-4-13(12(2)9-14)5-7-16(19)20/h4-7,9,11H,8,10H2,1-3H3,(H,17,18)(H,19,20)/b7-5+. The number of methoxy groups -OCH3 is 1. The van der Waals surface area contributed by atoms with E-state index in [1.807, 2.05) is 19.9 Å². The Morgan fingerprint density at radius 1 is 1.43 bits per heavy atom. The number of carboxylic acids is 1. The first kappa shape index (κ1) is 16.9. The van der Waals surface area contributed by atoms with Crippen molar-refractivity contribution >= 4 is 23.6 Å². The fourth-order valence-electron chi connectivity index (χ4n) is 1.97. The lowest BCUT2D eigenvalue weighted by Crippen LogP contribution is -2.17. The number of ether oxygens (including phenoxy) is 1. The van der Waals surface area contributed by atoms with E-state index in [2.05, 4.69) is 5.32 Å². The van der Waals surface area contributed by atoms with Crippen LogP contribution in [0.3, 0.4) is 0 Å². The maximum atomic E-state index is 11.9. The fraction of sp³-hybridized carbons (Fsp3) is 0.375. The SMILES string of the molecule is COCC(C)CC(=O)Nc1ccc(/C=C/C(=O)O)c(C)c1. The summed E-state index contributed by atoms with van der Waals surface area (Å²) in [6.45, 7) is 4.37. The minimum Gasteiger partial charge on any atom is -0.478 e. The van der Waals surface area contributed by atoms with Gasteiger partial charge in [0.15, 0.2) is 0 Å². The summed E-state index contributed by atoms with van der Waals surface area (Å²) in [5.74, 6) is -0.888. The number of anilines is 1. The lowest BCUT2D eigenvalue weighted by Gasteiger charge is -2.11. The molecule has 5 nitrogen and oxygen atoms in total. The van der Waals surface area contributed by atoms with Gasteiger partial charge >= 0.3 is 5.97 Å².